The van der Waals surface area contributed by atoms with Crippen molar-refractivity contribution in [3.8, 4) is 0 Å². The molecule has 0 spiro atoms. The Bertz CT molecular complexity index is 836. The molecule has 1 aromatic heterocycles. The largest absolute Gasteiger partial charge is 0.352 e. The first-order valence-corrected chi connectivity index (χ1v) is 7.91. The number of aromatic amines is 1. The lowest BCUT2D eigenvalue weighted by atomic mass is 10.0. The predicted molar refractivity (Wildman–Crippen MR) is 92.7 cm³/mol. The van der Waals surface area contributed by atoms with Gasteiger partial charge in [0.05, 0.1) is 17.4 Å². The fourth-order valence-electron chi connectivity index (χ4n) is 2.79. The standard InChI is InChI=1S/C19H21N3O/c1-13-5-6-15(14(2)10-13)4-3-9-20-19(23)16-7-8-17-18(11-16)22-12-21-17/h5-8,10-12H,3-4,9H2,1-2H3,(H,20,23)(H,21,22). The third kappa shape index (κ3) is 3.59. The Balaban J connectivity index is 1.52. The van der Waals surface area contributed by atoms with E-state index in [0.717, 1.165) is 23.9 Å². The third-order valence-electron chi connectivity index (χ3n) is 4.09. The highest BCUT2D eigenvalue weighted by Crippen LogP contribution is 2.13. The predicted octanol–water partition coefficient (Wildman–Crippen LogP) is 3.54. The molecule has 0 saturated carbocycles. The maximum Gasteiger partial charge on any atom is 0.251 e. The molecule has 0 fully saturated rings. The van der Waals surface area contributed by atoms with Crippen LogP contribution in [0.15, 0.2) is 42.7 Å². The Hall–Kier alpha value is -2.62. The SMILES string of the molecule is Cc1ccc(CCCNC(=O)c2ccc3nc[nH]c3c2)c(C)c1. The van der Waals surface area contributed by atoms with Crippen LogP contribution in [0.2, 0.25) is 0 Å². The van der Waals surface area contributed by atoms with Crippen LogP contribution < -0.4 is 5.32 Å². The van der Waals surface area contributed by atoms with Crippen molar-refractivity contribution in [3.63, 3.8) is 0 Å². The number of amides is 1. The van der Waals surface area contributed by atoms with Gasteiger partial charge >= 0.3 is 0 Å². The van der Waals surface area contributed by atoms with E-state index >= 15 is 0 Å². The molecule has 0 radical (unpaired) electrons. The van der Waals surface area contributed by atoms with Crippen LogP contribution in [0, 0.1) is 13.8 Å². The van der Waals surface area contributed by atoms with Gasteiger partial charge in [0.1, 0.15) is 0 Å². The summed E-state index contributed by atoms with van der Waals surface area (Å²) < 4.78 is 0. The minimum absolute atomic E-state index is 0.0397. The number of fused-ring (bicyclic) bond motifs is 1. The number of aromatic nitrogens is 2. The molecular formula is C19H21N3O. The van der Waals surface area contributed by atoms with Crippen molar-refractivity contribution in [2.75, 3.05) is 6.54 Å². The fourth-order valence-corrected chi connectivity index (χ4v) is 2.79. The van der Waals surface area contributed by atoms with Crippen LogP contribution in [0.3, 0.4) is 0 Å². The zero-order chi connectivity index (χ0) is 16.2. The molecule has 3 rings (SSSR count). The average molecular weight is 307 g/mol. The van der Waals surface area contributed by atoms with Crippen LogP contribution in [-0.2, 0) is 6.42 Å². The zero-order valence-corrected chi connectivity index (χ0v) is 13.5. The van der Waals surface area contributed by atoms with E-state index < -0.39 is 0 Å². The highest BCUT2D eigenvalue weighted by molar-refractivity contribution is 5.97. The summed E-state index contributed by atoms with van der Waals surface area (Å²) in [7, 11) is 0. The lowest BCUT2D eigenvalue weighted by Gasteiger charge is -2.08. The lowest BCUT2D eigenvalue weighted by molar-refractivity contribution is 0.0953. The number of aryl methyl sites for hydroxylation is 3. The molecule has 3 aromatic rings. The first-order valence-electron chi connectivity index (χ1n) is 7.91. The Morgan fingerprint density at radius 3 is 2.87 bits per heavy atom. The van der Waals surface area contributed by atoms with Crippen LogP contribution in [0.25, 0.3) is 11.0 Å². The van der Waals surface area contributed by atoms with Crippen LogP contribution in [0.1, 0.15) is 33.5 Å². The number of hydrogen-bond acceptors (Lipinski definition) is 2. The molecule has 2 N–H and O–H groups in total. The molecule has 0 saturated heterocycles. The van der Waals surface area contributed by atoms with E-state index in [0.29, 0.717) is 12.1 Å². The zero-order valence-electron chi connectivity index (χ0n) is 13.5. The van der Waals surface area contributed by atoms with Crippen LogP contribution >= 0.6 is 0 Å². The highest BCUT2D eigenvalue weighted by Gasteiger charge is 2.07. The topological polar surface area (TPSA) is 57.8 Å². The van der Waals surface area contributed by atoms with E-state index in [4.69, 9.17) is 0 Å². The molecule has 2 aromatic carbocycles. The van der Waals surface area contributed by atoms with E-state index in [-0.39, 0.29) is 5.91 Å². The van der Waals surface area contributed by atoms with Crippen LogP contribution in [0.4, 0.5) is 0 Å². The molecule has 0 aliphatic heterocycles. The number of benzene rings is 2. The van der Waals surface area contributed by atoms with Crippen LogP contribution in [0.5, 0.6) is 0 Å². The molecule has 0 unspecified atom stereocenters. The van der Waals surface area contributed by atoms with E-state index in [2.05, 4.69) is 47.3 Å². The van der Waals surface area contributed by atoms with Crippen molar-refractivity contribution in [2.24, 2.45) is 0 Å². The number of carbonyl (C=O) groups is 1. The molecule has 1 amide bonds. The Morgan fingerprint density at radius 2 is 2.04 bits per heavy atom. The van der Waals surface area contributed by atoms with Crippen molar-refractivity contribution >= 4 is 16.9 Å². The minimum atomic E-state index is -0.0397. The molecule has 118 valence electrons. The summed E-state index contributed by atoms with van der Waals surface area (Å²) in [6.45, 7) is 4.92. The normalized spacial score (nSPS) is 10.9. The van der Waals surface area contributed by atoms with E-state index in [9.17, 15) is 4.79 Å². The second-order valence-corrected chi connectivity index (χ2v) is 5.92. The van der Waals surface area contributed by atoms with Gasteiger partial charge < -0.3 is 10.3 Å². The van der Waals surface area contributed by atoms with Crippen molar-refractivity contribution < 1.29 is 4.79 Å². The number of rotatable bonds is 5. The summed E-state index contributed by atoms with van der Waals surface area (Å²) in [4.78, 5) is 19.4. The van der Waals surface area contributed by atoms with E-state index in [1.807, 2.05) is 18.2 Å². The summed E-state index contributed by atoms with van der Waals surface area (Å²) in [5.74, 6) is -0.0397. The fraction of sp³-hybridized carbons (Fsp3) is 0.263. The van der Waals surface area contributed by atoms with Gasteiger partial charge in [-0.05, 0) is 56.0 Å². The van der Waals surface area contributed by atoms with Gasteiger partial charge in [0, 0.05) is 12.1 Å². The number of nitrogens with one attached hydrogen (secondary N) is 2. The van der Waals surface area contributed by atoms with Gasteiger partial charge in [-0.2, -0.15) is 0 Å². The molecule has 1 heterocycles. The van der Waals surface area contributed by atoms with Gasteiger partial charge in [0.15, 0.2) is 0 Å². The van der Waals surface area contributed by atoms with Gasteiger partial charge in [-0.15, -0.1) is 0 Å². The quantitative estimate of drug-likeness (QED) is 0.708. The summed E-state index contributed by atoms with van der Waals surface area (Å²) in [6, 6.07) is 12.0. The van der Waals surface area contributed by atoms with Crippen molar-refractivity contribution in [1.29, 1.82) is 0 Å². The average Bonchev–Trinajstić information content (AvgIpc) is 3.00. The Kier molecular flexibility index (Phi) is 4.42. The van der Waals surface area contributed by atoms with Gasteiger partial charge in [-0.3, -0.25) is 4.79 Å². The molecule has 23 heavy (non-hydrogen) atoms. The number of hydrogen-bond donors (Lipinski definition) is 2. The van der Waals surface area contributed by atoms with E-state index in [1.165, 1.54) is 16.7 Å². The molecule has 0 aliphatic carbocycles. The molecule has 0 bridgehead atoms. The van der Waals surface area contributed by atoms with Crippen molar-refractivity contribution in [2.45, 2.75) is 26.7 Å². The minimum Gasteiger partial charge on any atom is -0.352 e. The Labute approximate surface area is 136 Å². The summed E-state index contributed by atoms with van der Waals surface area (Å²) in [5, 5.41) is 2.98. The molecule has 4 heteroatoms. The first kappa shape index (κ1) is 15.3. The number of carbonyl (C=O) groups excluding carboxylic acids is 1. The Morgan fingerprint density at radius 1 is 1.17 bits per heavy atom. The van der Waals surface area contributed by atoms with Gasteiger partial charge in [-0.1, -0.05) is 23.8 Å². The molecular weight excluding hydrogens is 286 g/mol. The van der Waals surface area contributed by atoms with Crippen molar-refractivity contribution in [1.82, 2.24) is 15.3 Å². The smallest absolute Gasteiger partial charge is 0.251 e. The highest BCUT2D eigenvalue weighted by atomic mass is 16.1. The maximum atomic E-state index is 12.2. The number of nitrogens with zero attached hydrogens (tertiary/aromatic N) is 1. The first-order chi connectivity index (χ1) is 11.1. The van der Waals surface area contributed by atoms with Crippen molar-refractivity contribution in [3.05, 3.63) is 65.0 Å². The summed E-state index contributed by atoms with van der Waals surface area (Å²) >= 11 is 0. The maximum absolute atomic E-state index is 12.2. The lowest BCUT2D eigenvalue weighted by Crippen LogP contribution is -2.24. The third-order valence-corrected chi connectivity index (χ3v) is 4.09. The summed E-state index contributed by atoms with van der Waals surface area (Å²) in [6.07, 6.45) is 3.55. The molecule has 0 aliphatic rings. The van der Waals surface area contributed by atoms with E-state index in [1.54, 1.807) is 6.33 Å². The summed E-state index contributed by atoms with van der Waals surface area (Å²) in [5.41, 5.74) is 6.37. The van der Waals surface area contributed by atoms with Gasteiger partial charge in [0.2, 0.25) is 0 Å². The van der Waals surface area contributed by atoms with Gasteiger partial charge in [-0.25, -0.2) is 4.98 Å². The number of H-pyrrole nitrogens is 1. The second kappa shape index (κ2) is 6.65. The van der Waals surface area contributed by atoms with Crippen LogP contribution in [-0.4, -0.2) is 22.4 Å². The molecule has 4 nitrogen and oxygen atoms in total. The number of imidazole rings is 1. The van der Waals surface area contributed by atoms with Gasteiger partial charge in [0.25, 0.3) is 5.91 Å². The second-order valence-electron chi connectivity index (χ2n) is 5.92. The molecule has 0 atom stereocenters. The monoisotopic (exact) mass is 307 g/mol.